The van der Waals surface area contributed by atoms with Crippen molar-refractivity contribution in [2.75, 3.05) is 0 Å². The lowest BCUT2D eigenvalue weighted by Gasteiger charge is -2.33. The van der Waals surface area contributed by atoms with Gasteiger partial charge in [0.1, 0.15) is 0 Å². The van der Waals surface area contributed by atoms with Crippen molar-refractivity contribution in [3.8, 4) is 0 Å². The Hall–Kier alpha value is -4.94. The first-order valence-electron chi connectivity index (χ1n) is 20.8. The fourth-order valence-corrected chi connectivity index (χ4v) is 8.94. The fourth-order valence-electron chi connectivity index (χ4n) is 8.94. The van der Waals surface area contributed by atoms with E-state index in [0.717, 1.165) is 0 Å². The van der Waals surface area contributed by atoms with Crippen LogP contribution in [-0.4, -0.2) is 0 Å². The molecule has 0 N–H and O–H groups in total. The predicted molar refractivity (Wildman–Crippen MR) is 242 cm³/mol. The van der Waals surface area contributed by atoms with Crippen LogP contribution in [-0.2, 0) is 21.7 Å². The summed E-state index contributed by atoms with van der Waals surface area (Å²) < 4.78 is 0. The molecular formula is C56H60. The lowest BCUT2D eigenvalue weighted by molar-refractivity contribution is 0.589. The second-order valence-electron chi connectivity index (χ2n) is 20.7. The monoisotopic (exact) mass is 732 g/mol. The Morgan fingerprint density at radius 1 is 0.304 bits per heavy atom. The Morgan fingerprint density at radius 3 is 0.839 bits per heavy atom. The van der Waals surface area contributed by atoms with Crippen LogP contribution in [0.3, 0.4) is 0 Å². The van der Waals surface area contributed by atoms with Crippen molar-refractivity contribution >= 4 is 21.9 Å². The van der Waals surface area contributed by atoms with E-state index in [1.165, 1.54) is 88.7 Å². The van der Waals surface area contributed by atoms with Crippen molar-refractivity contribution in [1.29, 1.82) is 0 Å². The molecule has 0 saturated heterocycles. The van der Waals surface area contributed by atoms with Gasteiger partial charge in [0.05, 0.1) is 0 Å². The normalized spacial score (nSPS) is 17.1. The van der Waals surface area contributed by atoms with Crippen molar-refractivity contribution in [3.05, 3.63) is 200 Å². The lowest BCUT2D eigenvalue weighted by Crippen LogP contribution is -2.15. The Bertz CT molecular complexity index is 2310. The molecule has 0 aliphatic heterocycles. The quantitative estimate of drug-likeness (QED) is 0.169. The summed E-state index contributed by atoms with van der Waals surface area (Å²) in [5.74, 6) is 0.256. The van der Waals surface area contributed by atoms with Crippen molar-refractivity contribution < 1.29 is 0 Å². The number of hydrogen-bond donors (Lipinski definition) is 0. The van der Waals surface area contributed by atoms with E-state index >= 15 is 0 Å². The highest BCUT2D eigenvalue weighted by Crippen LogP contribution is 2.52. The Kier molecular flexibility index (Phi) is 9.04. The van der Waals surface area contributed by atoms with E-state index in [2.05, 4.69) is 217 Å². The summed E-state index contributed by atoms with van der Waals surface area (Å²) in [4.78, 5) is 0. The van der Waals surface area contributed by atoms with Gasteiger partial charge in [-0.1, -0.05) is 217 Å². The van der Waals surface area contributed by atoms with E-state index in [9.17, 15) is 0 Å². The van der Waals surface area contributed by atoms with Gasteiger partial charge in [-0.2, -0.15) is 0 Å². The van der Waals surface area contributed by atoms with Gasteiger partial charge in [0.2, 0.25) is 0 Å². The summed E-state index contributed by atoms with van der Waals surface area (Å²) in [7, 11) is 0. The molecule has 284 valence electrons. The van der Waals surface area contributed by atoms with Crippen LogP contribution >= 0.6 is 0 Å². The van der Waals surface area contributed by atoms with E-state index < -0.39 is 0 Å². The third kappa shape index (κ3) is 6.80. The van der Waals surface area contributed by atoms with Gasteiger partial charge in [-0.05, 0) is 110 Å². The summed E-state index contributed by atoms with van der Waals surface area (Å²) >= 11 is 0. The van der Waals surface area contributed by atoms with Crippen LogP contribution in [0.5, 0.6) is 0 Å². The van der Waals surface area contributed by atoms with Crippen LogP contribution in [0.25, 0.3) is 21.9 Å². The Balaban J connectivity index is 1.39. The van der Waals surface area contributed by atoms with Gasteiger partial charge >= 0.3 is 0 Å². The number of benzene rings is 6. The van der Waals surface area contributed by atoms with E-state index in [-0.39, 0.29) is 33.5 Å². The van der Waals surface area contributed by atoms with Crippen LogP contribution < -0.4 is 0 Å². The predicted octanol–water partition coefficient (Wildman–Crippen LogP) is 15.2. The minimum atomic E-state index is 0.0954. The highest BCUT2D eigenvalue weighted by molar-refractivity contribution is 6.11. The molecule has 2 aliphatic carbocycles. The molecular weight excluding hydrogens is 673 g/mol. The lowest BCUT2D eigenvalue weighted by atomic mass is 9.70. The van der Waals surface area contributed by atoms with Crippen molar-refractivity contribution in [2.45, 2.75) is 117 Å². The minimum absolute atomic E-state index is 0.0954. The molecule has 6 aromatic rings. The number of rotatable bonds is 4. The molecule has 0 radical (unpaired) electrons. The molecule has 2 unspecified atom stereocenters. The summed E-state index contributed by atoms with van der Waals surface area (Å²) in [6.45, 7) is 27.6. The summed E-state index contributed by atoms with van der Waals surface area (Å²) in [6.07, 6.45) is 5.09. The van der Waals surface area contributed by atoms with Crippen molar-refractivity contribution in [2.24, 2.45) is 0 Å². The van der Waals surface area contributed by atoms with Gasteiger partial charge in [-0.25, -0.2) is 0 Å². The van der Waals surface area contributed by atoms with E-state index in [1.807, 2.05) is 0 Å². The molecule has 0 bridgehead atoms. The molecule has 2 atom stereocenters. The van der Waals surface area contributed by atoms with Crippen LogP contribution in [0.1, 0.15) is 162 Å². The van der Waals surface area contributed by atoms with Gasteiger partial charge in [-0.3, -0.25) is 0 Å². The van der Waals surface area contributed by atoms with Gasteiger partial charge in [0, 0.05) is 11.8 Å². The zero-order valence-corrected chi connectivity index (χ0v) is 35.9. The third-order valence-electron chi connectivity index (χ3n) is 12.5. The number of allylic oxidation sites excluding steroid dienone is 2. The SMILES string of the molecule is CC(C)(C)c1ccc(C2=CC(c3ccc(C(C)(C)C)cc3)c3ccc4c5c(ccc2c35)C(c2ccc(C(C)(C)C)cc2)=CC4c2ccc(C(C)(C)C)cc2)cc1. The molecule has 0 amide bonds. The molecule has 0 aromatic heterocycles. The van der Waals surface area contributed by atoms with E-state index in [4.69, 9.17) is 0 Å². The molecule has 0 spiro atoms. The first-order chi connectivity index (χ1) is 26.3. The minimum Gasteiger partial charge on any atom is -0.0641 e. The smallest absolute Gasteiger partial charge is 0.0285 e. The first-order valence-corrected chi connectivity index (χ1v) is 20.8. The van der Waals surface area contributed by atoms with Gasteiger partial charge in [0.15, 0.2) is 0 Å². The molecule has 8 rings (SSSR count). The molecule has 0 heterocycles. The zero-order valence-electron chi connectivity index (χ0n) is 35.9. The van der Waals surface area contributed by atoms with Crippen molar-refractivity contribution in [1.82, 2.24) is 0 Å². The van der Waals surface area contributed by atoms with Gasteiger partial charge in [-0.15, -0.1) is 0 Å². The summed E-state index contributed by atoms with van der Waals surface area (Å²) in [5, 5.41) is 2.80. The molecule has 0 fully saturated rings. The van der Waals surface area contributed by atoms with Crippen LogP contribution in [0.2, 0.25) is 0 Å². The average Bonchev–Trinajstić information content (AvgIpc) is 3.15. The molecule has 0 nitrogen and oxygen atoms in total. The van der Waals surface area contributed by atoms with Crippen LogP contribution in [0.4, 0.5) is 0 Å². The standard InChI is InChI=1S/C56H60/c1-53(2,3)39-21-13-35(14-22-39)47-33-48(36-15-23-40(24-16-36)54(4,5)6)44-31-32-46-50(38-19-27-42(28-20-38)56(10,11)12)34-49(45-30-29-43(47)51(44)52(45)46)37-17-25-41(26-18-37)55(7,8)9/h13-34,47,49H,1-12H3. The molecule has 6 aromatic carbocycles. The number of hydrogen-bond acceptors (Lipinski definition) is 0. The van der Waals surface area contributed by atoms with Gasteiger partial charge in [0.25, 0.3) is 0 Å². The van der Waals surface area contributed by atoms with Crippen LogP contribution in [0, 0.1) is 0 Å². The van der Waals surface area contributed by atoms with E-state index in [0.29, 0.717) is 0 Å². The highest BCUT2D eigenvalue weighted by atomic mass is 14.4. The van der Waals surface area contributed by atoms with Crippen LogP contribution in [0.15, 0.2) is 133 Å². The molecule has 0 saturated carbocycles. The zero-order chi connectivity index (χ0) is 39.9. The van der Waals surface area contributed by atoms with Crippen molar-refractivity contribution in [3.63, 3.8) is 0 Å². The maximum atomic E-state index is 2.55. The summed E-state index contributed by atoms with van der Waals surface area (Å²) in [5.41, 5.74) is 19.2. The van der Waals surface area contributed by atoms with Gasteiger partial charge < -0.3 is 0 Å². The highest BCUT2D eigenvalue weighted by Gasteiger charge is 2.32. The molecule has 56 heavy (non-hydrogen) atoms. The second kappa shape index (κ2) is 13.3. The third-order valence-corrected chi connectivity index (χ3v) is 12.5. The fraction of sp³-hybridized carbons (Fsp3) is 0.321. The topological polar surface area (TPSA) is 0 Å². The Morgan fingerprint density at radius 2 is 0.571 bits per heavy atom. The Labute approximate surface area is 337 Å². The molecule has 2 aliphatic rings. The second-order valence-corrected chi connectivity index (χ2v) is 20.7. The summed E-state index contributed by atoms with van der Waals surface area (Å²) in [6, 6.07) is 47.4. The maximum absolute atomic E-state index is 2.55. The largest absolute Gasteiger partial charge is 0.0641 e. The average molecular weight is 733 g/mol. The maximum Gasteiger partial charge on any atom is 0.0285 e. The first kappa shape index (κ1) is 38.0. The van der Waals surface area contributed by atoms with E-state index in [1.54, 1.807) is 0 Å². The molecule has 0 heteroatoms.